The molecule has 2 amide bonds. The number of carbonyl (C=O) groups is 1. The van der Waals surface area contributed by atoms with Crippen LogP contribution >= 0.6 is 11.6 Å². The number of hydrogen-bond donors (Lipinski definition) is 2. The molecule has 6 nitrogen and oxygen atoms in total. The highest BCUT2D eigenvalue weighted by Crippen LogP contribution is 2.48. The van der Waals surface area contributed by atoms with Crippen LogP contribution in [0.5, 0.6) is 0 Å². The van der Waals surface area contributed by atoms with Gasteiger partial charge in [0.25, 0.3) is 0 Å². The average Bonchev–Trinajstić information content (AvgIpc) is 2.78. The number of rotatable bonds is 4. The van der Waals surface area contributed by atoms with Gasteiger partial charge in [-0.05, 0) is 48.6 Å². The Hall–Kier alpha value is -2.12. The number of anilines is 2. The molecule has 5 rings (SSSR count). The monoisotopic (exact) mass is 441 g/mol. The van der Waals surface area contributed by atoms with Gasteiger partial charge < -0.3 is 15.2 Å². The fourth-order valence-electron chi connectivity index (χ4n) is 5.41. The zero-order chi connectivity index (χ0) is 21.4. The topological polar surface area (TPSA) is 65.0 Å². The summed E-state index contributed by atoms with van der Waals surface area (Å²) in [6.07, 6.45) is 2.11. The number of benzene rings is 2. The Kier molecular flexibility index (Phi) is 5.89. The number of halogens is 1. The molecule has 0 saturated carbocycles. The second-order valence-electron chi connectivity index (χ2n) is 8.71. The number of amides is 2. The fraction of sp³-hybridized carbons (Fsp3) is 0.458. The van der Waals surface area contributed by atoms with Gasteiger partial charge in [-0.3, -0.25) is 9.80 Å². The van der Waals surface area contributed by atoms with Crippen molar-refractivity contribution in [3.05, 3.63) is 59.1 Å². The number of carbonyl (C=O) groups excluding carboxylic acids is 1. The number of aliphatic hydroxyl groups is 1. The Morgan fingerprint density at radius 3 is 2.74 bits per heavy atom. The van der Waals surface area contributed by atoms with Crippen LogP contribution in [0.15, 0.2) is 48.5 Å². The molecule has 2 fully saturated rings. The van der Waals surface area contributed by atoms with E-state index >= 15 is 0 Å². The Morgan fingerprint density at radius 2 is 1.97 bits per heavy atom. The fourth-order valence-corrected chi connectivity index (χ4v) is 5.60. The molecule has 2 N–H and O–H groups in total. The Morgan fingerprint density at radius 1 is 1.16 bits per heavy atom. The number of hydrogen-bond acceptors (Lipinski definition) is 4. The van der Waals surface area contributed by atoms with Crippen molar-refractivity contribution < 1.29 is 14.6 Å². The maximum absolute atomic E-state index is 13.3. The van der Waals surface area contributed by atoms with E-state index in [0.717, 1.165) is 43.9 Å². The first-order chi connectivity index (χ1) is 15.2. The molecule has 2 aromatic rings. The number of ether oxygens (including phenoxy) is 1. The van der Waals surface area contributed by atoms with Crippen LogP contribution in [0.3, 0.4) is 0 Å². The molecule has 0 bridgehead atoms. The summed E-state index contributed by atoms with van der Waals surface area (Å²) < 4.78 is 5.51. The van der Waals surface area contributed by atoms with E-state index in [2.05, 4.69) is 16.3 Å². The molecule has 0 aliphatic carbocycles. The van der Waals surface area contributed by atoms with E-state index in [1.54, 1.807) is 12.1 Å². The second-order valence-corrected chi connectivity index (χ2v) is 9.14. The van der Waals surface area contributed by atoms with Gasteiger partial charge in [0.05, 0.1) is 6.61 Å². The highest BCUT2D eigenvalue weighted by molar-refractivity contribution is 6.30. The molecule has 0 spiro atoms. The van der Waals surface area contributed by atoms with Crippen molar-refractivity contribution in [2.24, 2.45) is 5.92 Å². The highest BCUT2D eigenvalue weighted by Gasteiger charge is 2.53. The molecule has 0 aromatic heterocycles. The molecular formula is C24H28ClN3O3. The third-order valence-corrected chi connectivity index (χ3v) is 7.19. The van der Waals surface area contributed by atoms with Gasteiger partial charge in [0.2, 0.25) is 0 Å². The lowest BCUT2D eigenvalue weighted by atomic mass is 9.71. The van der Waals surface area contributed by atoms with Crippen LogP contribution in [0.4, 0.5) is 16.2 Å². The summed E-state index contributed by atoms with van der Waals surface area (Å²) in [4.78, 5) is 17.5. The van der Waals surface area contributed by atoms with E-state index in [-0.39, 0.29) is 30.6 Å². The smallest absolute Gasteiger partial charge is 0.326 e. The summed E-state index contributed by atoms with van der Waals surface area (Å²) >= 11 is 6.09. The number of nitrogens with one attached hydrogen (secondary N) is 1. The van der Waals surface area contributed by atoms with Gasteiger partial charge in [-0.2, -0.15) is 0 Å². The second kappa shape index (κ2) is 8.79. The van der Waals surface area contributed by atoms with Crippen LogP contribution in [0.1, 0.15) is 24.3 Å². The summed E-state index contributed by atoms with van der Waals surface area (Å²) in [5.74, 6) is 0.825. The maximum atomic E-state index is 13.3. The van der Waals surface area contributed by atoms with Crippen LogP contribution in [0.2, 0.25) is 5.02 Å². The summed E-state index contributed by atoms with van der Waals surface area (Å²) in [7, 11) is 0. The molecule has 31 heavy (non-hydrogen) atoms. The molecule has 7 heteroatoms. The van der Waals surface area contributed by atoms with Gasteiger partial charge in [-0.15, -0.1) is 0 Å². The molecule has 164 valence electrons. The molecular weight excluding hydrogens is 414 g/mol. The number of nitrogens with zero attached hydrogens (tertiary/aromatic N) is 2. The first-order valence-corrected chi connectivity index (χ1v) is 11.4. The third-order valence-electron chi connectivity index (χ3n) is 6.96. The van der Waals surface area contributed by atoms with Crippen molar-refractivity contribution >= 4 is 29.0 Å². The average molecular weight is 442 g/mol. The molecule has 0 radical (unpaired) electrons. The lowest BCUT2D eigenvalue weighted by molar-refractivity contribution is -0.0622. The SMILES string of the molecule is O=C(Nc1cccc(Cl)c1)N1C[C@@H]2[C@H](c3ccccc31)[C@H](CO)N2CC1CCOCC1. The highest BCUT2D eigenvalue weighted by atomic mass is 35.5. The van der Waals surface area contributed by atoms with Gasteiger partial charge in [-0.1, -0.05) is 35.9 Å². The Labute approximate surface area is 187 Å². The van der Waals surface area contributed by atoms with Crippen LogP contribution in [0.25, 0.3) is 0 Å². The number of aliphatic hydroxyl groups excluding tert-OH is 1. The van der Waals surface area contributed by atoms with Crippen molar-refractivity contribution in [2.45, 2.75) is 30.8 Å². The minimum Gasteiger partial charge on any atom is -0.395 e. The summed E-state index contributed by atoms with van der Waals surface area (Å²) in [6.45, 7) is 3.31. The lowest BCUT2D eigenvalue weighted by Crippen LogP contribution is -2.70. The van der Waals surface area contributed by atoms with E-state index in [0.29, 0.717) is 23.2 Å². The van der Waals surface area contributed by atoms with E-state index in [4.69, 9.17) is 16.3 Å². The Bertz CT molecular complexity index is 949. The molecule has 3 atom stereocenters. The summed E-state index contributed by atoms with van der Waals surface area (Å²) in [5, 5.41) is 13.8. The van der Waals surface area contributed by atoms with Crippen molar-refractivity contribution in [3.63, 3.8) is 0 Å². The number of urea groups is 1. The minimum absolute atomic E-state index is 0.104. The standard InChI is InChI=1S/C24H28ClN3O3/c25-17-4-3-5-18(12-17)26-24(30)28-14-21-23(19-6-1-2-7-20(19)28)22(15-29)27(21)13-16-8-10-31-11-9-16/h1-7,12,16,21-23,29H,8-11,13-15H2,(H,26,30)/t21-,22+,23+/m1/s1. The van der Waals surface area contributed by atoms with Crippen LogP contribution in [0, 0.1) is 5.92 Å². The number of para-hydroxylation sites is 1. The molecule has 2 saturated heterocycles. The van der Waals surface area contributed by atoms with Crippen molar-refractivity contribution in [1.29, 1.82) is 0 Å². The summed E-state index contributed by atoms with van der Waals surface area (Å²) in [6, 6.07) is 15.4. The van der Waals surface area contributed by atoms with E-state index in [1.807, 2.05) is 35.2 Å². The predicted octanol–water partition coefficient (Wildman–Crippen LogP) is 3.95. The number of fused-ring (bicyclic) bond motifs is 3. The molecule has 2 aromatic carbocycles. The molecule has 3 heterocycles. The van der Waals surface area contributed by atoms with Gasteiger partial charge in [-0.25, -0.2) is 4.79 Å². The molecule has 3 aliphatic heterocycles. The van der Waals surface area contributed by atoms with Crippen LogP contribution in [-0.2, 0) is 4.74 Å². The molecule has 3 aliphatic rings. The first kappa shape index (κ1) is 20.8. The maximum Gasteiger partial charge on any atom is 0.326 e. The van der Waals surface area contributed by atoms with E-state index < -0.39 is 0 Å². The van der Waals surface area contributed by atoms with E-state index in [9.17, 15) is 9.90 Å². The molecule has 0 unspecified atom stereocenters. The van der Waals surface area contributed by atoms with Crippen molar-refractivity contribution in [3.8, 4) is 0 Å². The Balaban J connectivity index is 1.39. The quantitative estimate of drug-likeness (QED) is 0.754. The zero-order valence-electron chi connectivity index (χ0n) is 17.4. The normalized spacial score (nSPS) is 26.0. The van der Waals surface area contributed by atoms with Gasteiger partial charge in [0.1, 0.15) is 0 Å². The predicted molar refractivity (Wildman–Crippen MR) is 122 cm³/mol. The van der Waals surface area contributed by atoms with Crippen molar-refractivity contribution in [2.75, 3.05) is 43.1 Å². The first-order valence-electron chi connectivity index (χ1n) is 11.0. The van der Waals surface area contributed by atoms with Crippen molar-refractivity contribution in [1.82, 2.24) is 4.90 Å². The van der Waals surface area contributed by atoms with Gasteiger partial charge in [0, 0.05) is 60.7 Å². The van der Waals surface area contributed by atoms with E-state index in [1.165, 1.54) is 0 Å². The van der Waals surface area contributed by atoms with Gasteiger partial charge >= 0.3 is 6.03 Å². The largest absolute Gasteiger partial charge is 0.395 e. The van der Waals surface area contributed by atoms with Gasteiger partial charge in [0.15, 0.2) is 0 Å². The zero-order valence-corrected chi connectivity index (χ0v) is 18.2. The minimum atomic E-state index is -0.161. The number of likely N-dealkylation sites (tertiary alicyclic amines) is 1. The van der Waals surface area contributed by atoms with Crippen LogP contribution < -0.4 is 10.2 Å². The summed E-state index contributed by atoms with van der Waals surface area (Å²) in [5.41, 5.74) is 2.74. The van der Waals surface area contributed by atoms with Crippen LogP contribution in [-0.4, -0.2) is 61.0 Å². The lowest BCUT2D eigenvalue weighted by Gasteiger charge is -2.59. The third kappa shape index (κ3) is 3.94.